The molecule has 0 spiro atoms. The molecule has 1 atom stereocenters. The van der Waals surface area contributed by atoms with E-state index in [0.29, 0.717) is 0 Å². The second-order valence-corrected chi connectivity index (χ2v) is 4.53. The third-order valence-corrected chi connectivity index (χ3v) is 3.16. The lowest BCUT2D eigenvalue weighted by Crippen LogP contribution is -2.26. The summed E-state index contributed by atoms with van der Waals surface area (Å²) in [5, 5.41) is 0. The summed E-state index contributed by atoms with van der Waals surface area (Å²) in [6, 6.07) is 8.26. The maximum absolute atomic E-state index is 6.10. The van der Waals surface area contributed by atoms with Crippen LogP contribution < -0.4 is 5.73 Å². The van der Waals surface area contributed by atoms with E-state index >= 15 is 0 Å². The van der Waals surface area contributed by atoms with Gasteiger partial charge in [-0.25, -0.2) is 4.98 Å². The normalized spacial score (nSPS) is 13.1. The number of hydrogen-bond donors (Lipinski definition) is 1. The van der Waals surface area contributed by atoms with Crippen molar-refractivity contribution in [3.05, 3.63) is 30.1 Å². The number of rotatable bonds is 6. The number of nitrogens with two attached hydrogens (primary N) is 1. The van der Waals surface area contributed by atoms with Gasteiger partial charge in [-0.2, -0.15) is 0 Å². The van der Waals surface area contributed by atoms with Crippen molar-refractivity contribution in [2.45, 2.75) is 25.8 Å². The fraction of sp³-hybridized carbons (Fsp3) is 0.500. The molecule has 1 unspecified atom stereocenters. The van der Waals surface area contributed by atoms with Gasteiger partial charge in [0, 0.05) is 32.7 Å². The second-order valence-electron chi connectivity index (χ2n) is 4.53. The Labute approximate surface area is 108 Å². The molecule has 0 radical (unpaired) electrons. The van der Waals surface area contributed by atoms with Crippen molar-refractivity contribution in [3.63, 3.8) is 0 Å². The molecule has 98 valence electrons. The number of imidazole rings is 1. The number of aromatic nitrogens is 2. The topological polar surface area (TPSA) is 53.1 Å². The van der Waals surface area contributed by atoms with Crippen LogP contribution in [0.1, 0.15) is 19.2 Å². The highest BCUT2D eigenvalue weighted by Gasteiger charge is 2.11. The first kappa shape index (κ1) is 13.1. The molecule has 1 heterocycles. The molecule has 2 rings (SSSR count). The molecular weight excluding hydrogens is 226 g/mol. The third kappa shape index (κ3) is 2.89. The minimum atomic E-state index is 0.104. The quantitative estimate of drug-likeness (QED) is 0.793. The van der Waals surface area contributed by atoms with Crippen LogP contribution in [0.3, 0.4) is 0 Å². The molecule has 0 aliphatic carbocycles. The number of ether oxygens (including phenoxy) is 1. The Morgan fingerprint density at radius 2 is 2.17 bits per heavy atom. The van der Waals surface area contributed by atoms with E-state index in [1.54, 1.807) is 0 Å². The Morgan fingerprint density at radius 3 is 2.89 bits per heavy atom. The van der Waals surface area contributed by atoms with Crippen LogP contribution in [-0.4, -0.2) is 28.8 Å². The van der Waals surface area contributed by atoms with E-state index in [1.807, 2.05) is 32.2 Å². The zero-order valence-corrected chi connectivity index (χ0v) is 11.1. The van der Waals surface area contributed by atoms with Crippen molar-refractivity contribution < 1.29 is 4.74 Å². The molecule has 18 heavy (non-hydrogen) atoms. The van der Waals surface area contributed by atoms with Gasteiger partial charge in [0.05, 0.1) is 11.0 Å². The van der Waals surface area contributed by atoms with Crippen LogP contribution in [0, 0.1) is 0 Å². The first-order valence-corrected chi connectivity index (χ1v) is 6.46. The van der Waals surface area contributed by atoms with Crippen LogP contribution in [-0.2, 0) is 18.2 Å². The summed E-state index contributed by atoms with van der Waals surface area (Å²) in [5.41, 5.74) is 8.30. The van der Waals surface area contributed by atoms with Gasteiger partial charge in [-0.1, -0.05) is 12.1 Å². The van der Waals surface area contributed by atoms with Gasteiger partial charge in [0.15, 0.2) is 0 Å². The Hall–Kier alpha value is -1.39. The van der Waals surface area contributed by atoms with E-state index in [4.69, 9.17) is 10.5 Å². The molecule has 0 saturated heterocycles. The van der Waals surface area contributed by atoms with Gasteiger partial charge in [-0.3, -0.25) is 0 Å². The molecule has 0 saturated carbocycles. The lowest BCUT2D eigenvalue weighted by Gasteiger charge is -2.11. The average Bonchev–Trinajstić information content (AvgIpc) is 2.67. The van der Waals surface area contributed by atoms with Crippen LogP contribution in [0.15, 0.2) is 24.3 Å². The van der Waals surface area contributed by atoms with E-state index < -0.39 is 0 Å². The summed E-state index contributed by atoms with van der Waals surface area (Å²) in [5.74, 6) is 1.04. The van der Waals surface area contributed by atoms with Crippen molar-refractivity contribution in [1.29, 1.82) is 0 Å². The smallest absolute Gasteiger partial charge is 0.111 e. The fourth-order valence-corrected chi connectivity index (χ4v) is 2.09. The predicted molar refractivity (Wildman–Crippen MR) is 73.5 cm³/mol. The molecule has 2 N–H and O–H groups in total. The van der Waals surface area contributed by atoms with Crippen molar-refractivity contribution >= 4 is 11.0 Å². The zero-order valence-electron chi connectivity index (χ0n) is 11.1. The van der Waals surface area contributed by atoms with Crippen molar-refractivity contribution in [1.82, 2.24) is 9.55 Å². The molecule has 1 aromatic heterocycles. The van der Waals surface area contributed by atoms with Crippen LogP contribution in [0.4, 0.5) is 0 Å². The number of fused-ring (bicyclic) bond motifs is 1. The summed E-state index contributed by atoms with van der Waals surface area (Å²) in [6.07, 6.45) is 1.66. The highest BCUT2D eigenvalue weighted by Crippen LogP contribution is 2.15. The van der Waals surface area contributed by atoms with Crippen molar-refractivity contribution in [2.75, 3.05) is 13.2 Å². The van der Waals surface area contributed by atoms with Crippen molar-refractivity contribution in [2.24, 2.45) is 12.8 Å². The Morgan fingerprint density at radius 1 is 1.39 bits per heavy atom. The molecule has 4 nitrogen and oxygen atoms in total. The second kappa shape index (κ2) is 5.98. The number of benzene rings is 1. The lowest BCUT2D eigenvalue weighted by molar-refractivity contribution is 0.139. The predicted octanol–water partition coefficient (Wildman–Crippen LogP) is 1.87. The van der Waals surface area contributed by atoms with E-state index in [9.17, 15) is 0 Å². The molecule has 0 aliphatic rings. The summed E-state index contributed by atoms with van der Waals surface area (Å²) in [7, 11) is 2.04. The van der Waals surface area contributed by atoms with Crippen molar-refractivity contribution in [3.8, 4) is 0 Å². The lowest BCUT2D eigenvalue weighted by atomic mass is 10.1. The largest absolute Gasteiger partial charge is 0.382 e. The highest BCUT2D eigenvalue weighted by atomic mass is 16.5. The monoisotopic (exact) mass is 247 g/mol. The first-order valence-electron chi connectivity index (χ1n) is 6.46. The molecule has 0 amide bonds. The van der Waals surface area contributed by atoms with Crippen LogP contribution in [0.5, 0.6) is 0 Å². The van der Waals surface area contributed by atoms with Gasteiger partial charge < -0.3 is 15.0 Å². The Balaban J connectivity index is 2.05. The Kier molecular flexibility index (Phi) is 4.33. The molecule has 0 bridgehead atoms. The average molecular weight is 247 g/mol. The maximum Gasteiger partial charge on any atom is 0.111 e. The van der Waals surface area contributed by atoms with Gasteiger partial charge in [0.1, 0.15) is 5.82 Å². The minimum Gasteiger partial charge on any atom is -0.382 e. The van der Waals surface area contributed by atoms with Gasteiger partial charge in [-0.05, 0) is 25.5 Å². The SMILES string of the molecule is CCOCCC(N)Cc1nc2ccccc2n1C. The number of nitrogens with zero attached hydrogens (tertiary/aromatic N) is 2. The van der Waals surface area contributed by atoms with E-state index in [2.05, 4.69) is 15.6 Å². The summed E-state index contributed by atoms with van der Waals surface area (Å²) in [4.78, 5) is 4.62. The standard InChI is InChI=1S/C14H21N3O/c1-3-18-9-8-11(15)10-14-16-12-6-4-5-7-13(12)17(14)2/h4-7,11H,3,8-10,15H2,1-2H3. The van der Waals surface area contributed by atoms with Crippen LogP contribution >= 0.6 is 0 Å². The van der Waals surface area contributed by atoms with Gasteiger partial charge in [-0.15, -0.1) is 0 Å². The van der Waals surface area contributed by atoms with Gasteiger partial charge in [0.2, 0.25) is 0 Å². The summed E-state index contributed by atoms with van der Waals surface area (Å²) < 4.78 is 7.44. The molecule has 0 aliphatic heterocycles. The summed E-state index contributed by atoms with van der Waals surface area (Å²) in [6.45, 7) is 3.47. The first-order chi connectivity index (χ1) is 8.72. The number of aryl methyl sites for hydroxylation is 1. The van der Waals surface area contributed by atoms with E-state index in [0.717, 1.165) is 42.9 Å². The molecule has 4 heteroatoms. The highest BCUT2D eigenvalue weighted by molar-refractivity contribution is 5.75. The van der Waals surface area contributed by atoms with E-state index in [-0.39, 0.29) is 6.04 Å². The molecule has 2 aromatic rings. The third-order valence-electron chi connectivity index (χ3n) is 3.16. The number of para-hydroxylation sites is 2. The minimum absolute atomic E-state index is 0.104. The summed E-state index contributed by atoms with van der Waals surface area (Å²) >= 11 is 0. The molecular formula is C14H21N3O. The number of hydrogen-bond acceptors (Lipinski definition) is 3. The fourth-order valence-electron chi connectivity index (χ4n) is 2.09. The van der Waals surface area contributed by atoms with E-state index in [1.165, 1.54) is 0 Å². The molecule has 1 aromatic carbocycles. The Bertz CT molecular complexity index is 507. The van der Waals surface area contributed by atoms with Crippen LogP contribution in [0.2, 0.25) is 0 Å². The van der Waals surface area contributed by atoms with Gasteiger partial charge in [0.25, 0.3) is 0 Å². The van der Waals surface area contributed by atoms with Gasteiger partial charge >= 0.3 is 0 Å². The maximum atomic E-state index is 6.10. The van der Waals surface area contributed by atoms with Crippen LogP contribution in [0.25, 0.3) is 11.0 Å². The zero-order chi connectivity index (χ0) is 13.0. The molecule has 0 fully saturated rings.